The summed E-state index contributed by atoms with van der Waals surface area (Å²) < 4.78 is 15.9. The van der Waals surface area contributed by atoms with E-state index in [4.69, 9.17) is 13.9 Å². The zero-order valence-corrected chi connectivity index (χ0v) is 15.6. The highest BCUT2D eigenvalue weighted by Gasteiger charge is 2.21. The van der Waals surface area contributed by atoms with Gasteiger partial charge in [-0.1, -0.05) is 0 Å². The standard InChI is InChI=1S/C20H20N4O4/c1-26-16-10-13-7-8-24(12-14(13)11-17(16)27-2)19-6-5-18(22-23-19)21-20(25)15-4-3-9-28-15/h3-6,9-11H,7-8,12H2,1-2H3,(H,21,22,25). The number of rotatable bonds is 5. The van der Waals surface area contributed by atoms with Crippen LogP contribution in [0.3, 0.4) is 0 Å². The van der Waals surface area contributed by atoms with Crippen LogP contribution in [0.5, 0.6) is 11.5 Å². The number of carbonyl (C=O) groups excluding carboxylic acids is 1. The third-order valence-electron chi connectivity index (χ3n) is 4.68. The van der Waals surface area contributed by atoms with Crippen molar-refractivity contribution in [1.82, 2.24) is 10.2 Å². The van der Waals surface area contributed by atoms with Crippen molar-refractivity contribution in [1.29, 1.82) is 0 Å². The molecule has 0 saturated carbocycles. The van der Waals surface area contributed by atoms with Crippen LogP contribution in [-0.4, -0.2) is 36.9 Å². The highest BCUT2D eigenvalue weighted by atomic mass is 16.5. The van der Waals surface area contributed by atoms with Gasteiger partial charge in [-0.25, -0.2) is 0 Å². The van der Waals surface area contributed by atoms with Gasteiger partial charge in [-0.15, -0.1) is 10.2 Å². The van der Waals surface area contributed by atoms with Gasteiger partial charge >= 0.3 is 0 Å². The third-order valence-corrected chi connectivity index (χ3v) is 4.68. The quantitative estimate of drug-likeness (QED) is 0.728. The van der Waals surface area contributed by atoms with Crippen LogP contribution in [0.4, 0.5) is 11.6 Å². The highest BCUT2D eigenvalue weighted by Crippen LogP contribution is 2.34. The molecular weight excluding hydrogens is 360 g/mol. The van der Waals surface area contributed by atoms with E-state index in [2.05, 4.69) is 20.4 Å². The number of methoxy groups -OCH3 is 2. The fourth-order valence-electron chi connectivity index (χ4n) is 3.22. The van der Waals surface area contributed by atoms with E-state index >= 15 is 0 Å². The van der Waals surface area contributed by atoms with Gasteiger partial charge in [-0.3, -0.25) is 4.79 Å². The van der Waals surface area contributed by atoms with Crippen LogP contribution in [0.15, 0.2) is 47.1 Å². The summed E-state index contributed by atoms with van der Waals surface area (Å²) in [5.74, 6) is 2.43. The van der Waals surface area contributed by atoms with Crippen molar-refractivity contribution in [3.8, 4) is 11.5 Å². The molecule has 0 unspecified atom stereocenters. The molecule has 0 fully saturated rings. The Morgan fingerprint density at radius 3 is 2.54 bits per heavy atom. The van der Waals surface area contributed by atoms with Crippen LogP contribution in [0.25, 0.3) is 0 Å². The first kappa shape index (κ1) is 17.8. The normalized spacial score (nSPS) is 13.0. The molecule has 1 N–H and O–H groups in total. The molecule has 8 heteroatoms. The molecule has 3 aromatic rings. The fraction of sp³-hybridized carbons (Fsp3) is 0.250. The lowest BCUT2D eigenvalue weighted by Crippen LogP contribution is -2.31. The predicted molar refractivity (Wildman–Crippen MR) is 103 cm³/mol. The molecule has 0 bridgehead atoms. The molecule has 1 aromatic carbocycles. The molecule has 1 amide bonds. The largest absolute Gasteiger partial charge is 0.493 e. The topological polar surface area (TPSA) is 89.7 Å². The molecule has 4 rings (SSSR count). The van der Waals surface area contributed by atoms with E-state index in [-0.39, 0.29) is 11.7 Å². The number of carbonyl (C=O) groups is 1. The number of ether oxygens (including phenoxy) is 2. The Morgan fingerprint density at radius 1 is 1.11 bits per heavy atom. The maximum absolute atomic E-state index is 12.0. The van der Waals surface area contributed by atoms with E-state index in [0.29, 0.717) is 18.1 Å². The third kappa shape index (κ3) is 3.48. The van der Waals surface area contributed by atoms with E-state index < -0.39 is 0 Å². The summed E-state index contributed by atoms with van der Waals surface area (Å²) in [6.45, 7) is 1.51. The Kier molecular flexibility index (Phi) is 4.84. The second-order valence-corrected chi connectivity index (χ2v) is 6.36. The van der Waals surface area contributed by atoms with Gasteiger partial charge < -0.3 is 24.1 Å². The number of nitrogens with one attached hydrogen (secondary N) is 1. The van der Waals surface area contributed by atoms with E-state index in [9.17, 15) is 4.79 Å². The zero-order chi connectivity index (χ0) is 19.5. The number of aromatic nitrogens is 2. The minimum Gasteiger partial charge on any atom is -0.493 e. The van der Waals surface area contributed by atoms with Crippen molar-refractivity contribution >= 4 is 17.5 Å². The maximum atomic E-state index is 12.0. The Labute approximate surface area is 162 Å². The first-order valence-electron chi connectivity index (χ1n) is 8.85. The van der Waals surface area contributed by atoms with Crippen molar-refractivity contribution in [3.63, 3.8) is 0 Å². The Hall–Kier alpha value is -3.55. The molecule has 1 aliphatic rings. The molecule has 0 aliphatic carbocycles. The molecule has 0 atom stereocenters. The number of hydrogen-bond acceptors (Lipinski definition) is 7. The Morgan fingerprint density at radius 2 is 1.89 bits per heavy atom. The molecule has 0 saturated heterocycles. The summed E-state index contributed by atoms with van der Waals surface area (Å²) in [5, 5.41) is 11.0. The number of anilines is 2. The summed E-state index contributed by atoms with van der Waals surface area (Å²) in [7, 11) is 3.27. The van der Waals surface area contributed by atoms with Gasteiger partial charge in [0.15, 0.2) is 28.9 Å². The molecule has 8 nitrogen and oxygen atoms in total. The lowest BCUT2D eigenvalue weighted by molar-refractivity contribution is 0.0996. The second kappa shape index (κ2) is 7.59. The molecule has 3 heterocycles. The second-order valence-electron chi connectivity index (χ2n) is 6.36. The summed E-state index contributed by atoms with van der Waals surface area (Å²) in [4.78, 5) is 14.1. The summed E-state index contributed by atoms with van der Waals surface area (Å²) >= 11 is 0. The van der Waals surface area contributed by atoms with Crippen molar-refractivity contribution in [2.75, 3.05) is 31.0 Å². The van der Waals surface area contributed by atoms with Gasteiger partial charge in [0.05, 0.1) is 20.5 Å². The lowest BCUT2D eigenvalue weighted by Gasteiger charge is -2.30. The number of benzene rings is 1. The summed E-state index contributed by atoms with van der Waals surface area (Å²) in [5.41, 5.74) is 2.41. The minimum atomic E-state index is -0.361. The number of nitrogens with zero attached hydrogens (tertiary/aromatic N) is 3. The van der Waals surface area contributed by atoms with E-state index in [0.717, 1.165) is 24.5 Å². The van der Waals surface area contributed by atoms with E-state index in [1.807, 2.05) is 18.2 Å². The monoisotopic (exact) mass is 380 g/mol. The Balaban J connectivity index is 1.47. The van der Waals surface area contributed by atoms with Crippen molar-refractivity contribution in [3.05, 3.63) is 59.5 Å². The van der Waals surface area contributed by atoms with Gasteiger partial charge in [0.25, 0.3) is 5.91 Å². The Bertz CT molecular complexity index is 971. The lowest BCUT2D eigenvalue weighted by atomic mass is 9.99. The van der Waals surface area contributed by atoms with Crippen LogP contribution < -0.4 is 19.7 Å². The van der Waals surface area contributed by atoms with Gasteiger partial charge in [-0.2, -0.15) is 0 Å². The predicted octanol–water partition coefficient (Wildman–Crippen LogP) is 2.90. The van der Waals surface area contributed by atoms with Gasteiger partial charge in [0, 0.05) is 13.1 Å². The van der Waals surface area contributed by atoms with Crippen LogP contribution in [0.2, 0.25) is 0 Å². The van der Waals surface area contributed by atoms with Gasteiger partial charge in [0.2, 0.25) is 0 Å². The van der Waals surface area contributed by atoms with Crippen LogP contribution in [0.1, 0.15) is 21.7 Å². The number of amides is 1. The zero-order valence-electron chi connectivity index (χ0n) is 15.6. The van der Waals surface area contributed by atoms with E-state index in [1.54, 1.807) is 32.4 Å². The number of furan rings is 1. The molecule has 2 aromatic heterocycles. The molecular formula is C20H20N4O4. The number of fused-ring (bicyclic) bond motifs is 1. The summed E-state index contributed by atoms with van der Waals surface area (Å²) in [6, 6.07) is 10.9. The van der Waals surface area contributed by atoms with Crippen LogP contribution in [-0.2, 0) is 13.0 Å². The molecule has 0 radical (unpaired) electrons. The maximum Gasteiger partial charge on any atom is 0.292 e. The molecule has 28 heavy (non-hydrogen) atoms. The van der Waals surface area contributed by atoms with E-state index in [1.165, 1.54) is 17.4 Å². The molecule has 0 spiro atoms. The number of hydrogen-bond donors (Lipinski definition) is 1. The van der Waals surface area contributed by atoms with Gasteiger partial charge in [0.1, 0.15) is 0 Å². The van der Waals surface area contributed by atoms with Crippen LogP contribution in [0, 0.1) is 0 Å². The van der Waals surface area contributed by atoms with Crippen LogP contribution >= 0.6 is 0 Å². The average molecular weight is 380 g/mol. The average Bonchev–Trinajstić information content (AvgIpc) is 3.28. The first-order valence-corrected chi connectivity index (χ1v) is 8.85. The first-order chi connectivity index (χ1) is 13.7. The highest BCUT2D eigenvalue weighted by molar-refractivity contribution is 6.01. The summed E-state index contributed by atoms with van der Waals surface area (Å²) in [6.07, 6.45) is 2.32. The fourth-order valence-corrected chi connectivity index (χ4v) is 3.22. The smallest absolute Gasteiger partial charge is 0.292 e. The van der Waals surface area contributed by atoms with Crippen molar-refractivity contribution in [2.24, 2.45) is 0 Å². The van der Waals surface area contributed by atoms with Crippen molar-refractivity contribution in [2.45, 2.75) is 13.0 Å². The van der Waals surface area contributed by atoms with Crippen molar-refractivity contribution < 1.29 is 18.7 Å². The minimum absolute atomic E-state index is 0.225. The molecule has 1 aliphatic heterocycles. The molecule has 144 valence electrons. The van der Waals surface area contributed by atoms with Gasteiger partial charge in [-0.05, 0) is 53.9 Å². The SMILES string of the molecule is COc1cc2c(cc1OC)CN(c1ccc(NC(=O)c3ccco3)nn1)CC2.